The van der Waals surface area contributed by atoms with Gasteiger partial charge in [0.25, 0.3) is 0 Å². The van der Waals surface area contributed by atoms with Crippen LogP contribution in [0.1, 0.15) is 24.1 Å². The van der Waals surface area contributed by atoms with Crippen LogP contribution in [-0.2, 0) is 0 Å². The molecule has 1 aromatic heterocycles. The zero-order chi connectivity index (χ0) is 17.1. The summed E-state index contributed by atoms with van der Waals surface area (Å²) >= 11 is 0. The molecule has 1 unspecified atom stereocenters. The summed E-state index contributed by atoms with van der Waals surface area (Å²) in [6, 6.07) is 8.02. The molecule has 2 heterocycles. The number of aromatic nitrogens is 1. The molecule has 2 N–H and O–H groups in total. The Labute approximate surface area is 141 Å². The molecule has 0 saturated carbocycles. The highest BCUT2D eigenvalue weighted by Gasteiger charge is 2.23. The van der Waals surface area contributed by atoms with Gasteiger partial charge in [-0.15, -0.1) is 0 Å². The Balaban J connectivity index is 1.84. The van der Waals surface area contributed by atoms with Crippen LogP contribution < -0.4 is 20.3 Å². The molecule has 1 aromatic carbocycles. The molecule has 1 fully saturated rings. The van der Waals surface area contributed by atoms with E-state index < -0.39 is 0 Å². The maximum atomic E-state index is 11.9. The fourth-order valence-corrected chi connectivity index (χ4v) is 2.94. The van der Waals surface area contributed by atoms with E-state index in [2.05, 4.69) is 22.5 Å². The summed E-state index contributed by atoms with van der Waals surface area (Å²) in [4.78, 5) is 17.8. The number of ether oxygens (including phenoxy) is 1. The lowest BCUT2D eigenvalue weighted by atomic mass is 10.1. The first-order chi connectivity index (χ1) is 11.6. The molecule has 24 heavy (non-hydrogen) atoms. The van der Waals surface area contributed by atoms with Gasteiger partial charge in [-0.05, 0) is 37.6 Å². The van der Waals surface area contributed by atoms with E-state index in [0.29, 0.717) is 13.1 Å². The first-order valence-electron chi connectivity index (χ1n) is 8.00. The van der Waals surface area contributed by atoms with Crippen LogP contribution in [0, 0.1) is 6.92 Å². The summed E-state index contributed by atoms with van der Waals surface area (Å²) in [5.41, 5.74) is 4.01. The van der Waals surface area contributed by atoms with E-state index in [-0.39, 0.29) is 12.1 Å². The highest BCUT2D eigenvalue weighted by Crippen LogP contribution is 2.30. The normalized spacial score (nSPS) is 15.1. The summed E-state index contributed by atoms with van der Waals surface area (Å²) in [5, 5.41) is 6.31. The maximum absolute atomic E-state index is 11.9. The number of rotatable bonds is 5. The summed E-state index contributed by atoms with van der Waals surface area (Å²) in [7, 11) is 1.64. The Morgan fingerprint density at radius 2 is 2.21 bits per heavy atom. The molecule has 3 rings (SSSR count). The van der Waals surface area contributed by atoms with Gasteiger partial charge in [0.1, 0.15) is 5.75 Å². The van der Waals surface area contributed by atoms with E-state index >= 15 is 0 Å². The summed E-state index contributed by atoms with van der Waals surface area (Å²) in [6.07, 6.45) is 3.47. The van der Waals surface area contributed by atoms with Gasteiger partial charge >= 0.3 is 6.03 Å². The minimum atomic E-state index is -0.0425. The molecule has 126 valence electrons. The summed E-state index contributed by atoms with van der Waals surface area (Å²) in [6.45, 7) is 5.46. The zero-order valence-corrected chi connectivity index (χ0v) is 14.2. The van der Waals surface area contributed by atoms with Gasteiger partial charge in [-0.1, -0.05) is 6.07 Å². The van der Waals surface area contributed by atoms with Crippen LogP contribution in [0.25, 0.3) is 0 Å². The molecule has 1 saturated heterocycles. The van der Waals surface area contributed by atoms with Crippen LogP contribution in [0.3, 0.4) is 0 Å². The third kappa shape index (κ3) is 3.13. The lowest BCUT2D eigenvalue weighted by Gasteiger charge is -2.21. The van der Waals surface area contributed by atoms with Gasteiger partial charge in [-0.3, -0.25) is 9.88 Å². The average molecular weight is 326 g/mol. The van der Waals surface area contributed by atoms with Crippen molar-refractivity contribution in [2.45, 2.75) is 19.9 Å². The van der Waals surface area contributed by atoms with Gasteiger partial charge in [-0.2, -0.15) is 0 Å². The van der Waals surface area contributed by atoms with Crippen molar-refractivity contribution in [2.75, 3.05) is 30.4 Å². The van der Waals surface area contributed by atoms with E-state index in [1.807, 2.05) is 31.2 Å². The molecule has 1 aliphatic rings. The second-order valence-electron chi connectivity index (χ2n) is 5.87. The number of urea groups is 1. The molecule has 2 amide bonds. The van der Waals surface area contributed by atoms with Gasteiger partial charge in [0.15, 0.2) is 0 Å². The van der Waals surface area contributed by atoms with Gasteiger partial charge in [0.05, 0.1) is 25.0 Å². The number of amides is 2. The Morgan fingerprint density at radius 3 is 2.92 bits per heavy atom. The lowest BCUT2D eigenvalue weighted by molar-refractivity contribution is 0.252. The van der Waals surface area contributed by atoms with Gasteiger partial charge in [-0.25, -0.2) is 4.79 Å². The number of nitrogens with one attached hydrogen (secondary N) is 2. The quantitative estimate of drug-likeness (QED) is 0.886. The molecule has 6 heteroatoms. The van der Waals surface area contributed by atoms with Crippen molar-refractivity contribution in [1.29, 1.82) is 0 Å². The Hall–Kier alpha value is -2.76. The van der Waals surface area contributed by atoms with Crippen molar-refractivity contribution in [1.82, 2.24) is 10.3 Å². The molecule has 2 aromatic rings. The van der Waals surface area contributed by atoms with Crippen LogP contribution in [0.4, 0.5) is 16.2 Å². The van der Waals surface area contributed by atoms with Gasteiger partial charge < -0.3 is 15.4 Å². The predicted octanol–water partition coefficient (Wildman–Crippen LogP) is 3.10. The molecule has 0 bridgehead atoms. The molecule has 1 aliphatic heterocycles. The molecular weight excluding hydrogens is 304 g/mol. The SMILES string of the molecule is COc1cnccc1C(C)Nc1ccc(C)c(N2CCNC2=O)c1. The number of anilines is 2. The van der Waals surface area contributed by atoms with Crippen molar-refractivity contribution < 1.29 is 9.53 Å². The molecule has 6 nitrogen and oxygen atoms in total. The van der Waals surface area contributed by atoms with E-state index in [1.165, 1.54) is 0 Å². The summed E-state index contributed by atoms with van der Waals surface area (Å²) < 4.78 is 5.38. The van der Waals surface area contributed by atoms with Crippen LogP contribution in [0.2, 0.25) is 0 Å². The third-order valence-electron chi connectivity index (χ3n) is 4.24. The van der Waals surface area contributed by atoms with Crippen LogP contribution in [-0.4, -0.2) is 31.2 Å². The predicted molar refractivity (Wildman–Crippen MR) is 94.8 cm³/mol. The average Bonchev–Trinajstić information content (AvgIpc) is 3.02. The van der Waals surface area contributed by atoms with Crippen molar-refractivity contribution in [3.05, 3.63) is 47.8 Å². The highest BCUT2D eigenvalue weighted by atomic mass is 16.5. The third-order valence-corrected chi connectivity index (χ3v) is 4.24. The number of carbonyl (C=O) groups is 1. The second-order valence-corrected chi connectivity index (χ2v) is 5.87. The molecule has 0 spiro atoms. The topological polar surface area (TPSA) is 66.5 Å². The number of methoxy groups -OCH3 is 1. The highest BCUT2D eigenvalue weighted by molar-refractivity contribution is 5.95. The molecule has 0 radical (unpaired) electrons. The number of hydrogen-bond acceptors (Lipinski definition) is 4. The number of carbonyl (C=O) groups excluding carboxylic acids is 1. The fourth-order valence-electron chi connectivity index (χ4n) is 2.94. The Bertz CT molecular complexity index is 748. The van der Waals surface area contributed by atoms with E-state index in [9.17, 15) is 4.79 Å². The second kappa shape index (κ2) is 6.78. The lowest BCUT2D eigenvalue weighted by Crippen LogP contribution is -2.28. The molecule has 1 atom stereocenters. The van der Waals surface area contributed by atoms with Crippen molar-refractivity contribution in [3.8, 4) is 5.75 Å². The first-order valence-corrected chi connectivity index (χ1v) is 8.00. The largest absolute Gasteiger partial charge is 0.495 e. The maximum Gasteiger partial charge on any atom is 0.322 e. The fraction of sp³-hybridized carbons (Fsp3) is 0.333. The number of nitrogens with zero attached hydrogens (tertiary/aromatic N) is 2. The monoisotopic (exact) mass is 326 g/mol. The molecule has 0 aliphatic carbocycles. The van der Waals surface area contributed by atoms with Crippen molar-refractivity contribution in [2.24, 2.45) is 0 Å². The van der Waals surface area contributed by atoms with E-state index in [1.54, 1.807) is 24.4 Å². The minimum Gasteiger partial charge on any atom is -0.495 e. The zero-order valence-electron chi connectivity index (χ0n) is 14.2. The number of hydrogen-bond donors (Lipinski definition) is 2. The first kappa shape index (κ1) is 16.1. The molecular formula is C18H22N4O2. The van der Waals surface area contributed by atoms with E-state index in [0.717, 1.165) is 28.3 Å². The van der Waals surface area contributed by atoms with Crippen molar-refractivity contribution in [3.63, 3.8) is 0 Å². The smallest absolute Gasteiger partial charge is 0.322 e. The van der Waals surface area contributed by atoms with Gasteiger partial charge in [0, 0.05) is 30.5 Å². The van der Waals surface area contributed by atoms with Crippen LogP contribution >= 0.6 is 0 Å². The van der Waals surface area contributed by atoms with Gasteiger partial charge in [0.2, 0.25) is 0 Å². The Kier molecular flexibility index (Phi) is 4.55. The number of aryl methyl sites for hydroxylation is 1. The van der Waals surface area contributed by atoms with Crippen LogP contribution in [0.5, 0.6) is 5.75 Å². The summed E-state index contributed by atoms with van der Waals surface area (Å²) in [5.74, 6) is 0.753. The van der Waals surface area contributed by atoms with E-state index in [4.69, 9.17) is 4.74 Å². The Morgan fingerprint density at radius 1 is 1.38 bits per heavy atom. The van der Waals surface area contributed by atoms with Crippen LogP contribution in [0.15, 0.2) is 36.7 Å². The van der Waals surface area contributed by atoms with Crippen molar-refractivity contribution >= 4 is 17.4 Å². The minimum absolute atomic E-state index is 0.0425. The number of pyridine rings is 1. The standard InChI is InChI=1S/C18H22N4O2/c1-12-4-5-14(10-16(12)22-9-8-20-18(22)23)21-13(2)15-6-7-19-11-17(15)24-3/h4-7,10-11,13,21H,8-9H2,1-3H3,(H,20,23). The number of benzene rings is 1.